The van der Waals surface area contributed by atoms with E-state index in [-0.39, 0.29) is 24.3 Å². The molecule has 0 bridgehead atoms. The summed E-state index contributed by atoms with van der Waals surface area (Å²) in [6, 6.07) is 12.2. The number of hydrogen-bond donors (Lipinski definition) is 0. The van der Waals surface area contributed by atoms with Crippen LogP contribution in [0.1, 0.15) is 117 Å². The van der Waals surface area contributed by atoms with Crippen molar-refractivity contribution in [2.75, 3.05) is 75.5 Å². The predicted molar refractivity (Wildman–Crippen MR) is 278 cm³/mol. The lowest BCUT2D eigenvalue weighted by Gasteiger charge is -2.33. The van der Waals surface area contributed by atoms with Gasteiger partial charge in [0.25, 0.3) is 0 Å². The molecule has 0 aromatic carbocycles. The van der Waals surface area contributed by atoms with Gasteiger partial charge in [0.15, 0.2) is 0 Å². The first-order valence-electron chi connectivity index (χ1n) is 26.3. The largest absolute Gasteiger partial charge is 0.490 e. The molecule has 0 radical (unpaired) electrons. The van der Waals surface area contributed by atoms with Crippen molar-refractivity contribution in [3.8, 4) is 11.5 Å². The molecule has 2 atom stereocenters. The highest BCUT2D eigenvalue weighted by atomic mass is 16.6. The summed E-state index contributed by atoms with van der Waals surface area (Å²) in [4.78, 5) is 50.5. The third-order valence-corrected chi connectivity index (χ3v) is 13.6. The monoisotopic (exact) mass is 993 g/mol. The number of ether oxygens (including phenoxy) is 6. The Hall–Kier alpha value is -5.74. The summed E-state index contributed by atoms with van der Waals surface area (Å²) in [5.74, 6) is 2.86. The average molecular weight is 993 g/mol. The maximum atomic E-state index is 12.5. The molecule has 4 fully saturated rings. The number of piperidine rings is 2. The molecule has 4 aliphatic rings. The zero-order valence-electron chi connectivity index (χ0n) is 43.8. The van der Waals surface area contributed by atoms with Crippen LogP contribution in [-0.2, 0) is 32.2 Å². The van der Waals surface area contributed by atoms with Crippen LogP contribution in [0, 0.1) is 11.8 Å². The van der Waals surface area contributed by atoms with E-state index in [2.05, 4.69) is 41.9 Å². The van der Waals surface area contributed by atoms with Crippen LogP contribution in [0.4, 0.5) is 21.0 Å². The summed E-state index contributed by atoms with van der Waals surface area (Å²) in [7, 11) is 0. The van der Waals surface area contributed by atoms with Gasteiger partial charge in [0.05, 0.1) is 61.5 Å². The molecule has 16 nitrogen and oxygen atoms in total. The van der Waals surface area contributed by atoms with Gasteiger partial charge in [0.1, 0.15) is 35.9 Å². The number of anilines is 2. The fourth-order valence-corrected chi connectivity index (χ4v) is 9.65. The van der Waals surface area contributed by atoms with Gasteiger partial charge in [-0.2, -0.15) is 0 Å². The van der Waals surface area contributed by atoms with E-state index in [0.29, 0.717) is 51.4 Å². The Kier molecular flexibility index (Phi) is 20.1. The van der Waals surface area contributed by atoms with Crippen molar-refractivity contribution < 1.29 is 38.0 Å². The van der Waals surface area contributed by atoms with Gasteiger partial charge in [0, 0.05) is 89.4 Å². The molecule has 0 unspecified atom stereocenters. The highest BCUT2D eigenvalue weighted by molar-refractivity contribution is 5.69. The van der Waals surface area contributed by atoms with Gasteiger partial charge in [-0.05, 0) is 141 Å². The van der Waals surface area contributed by atoms with Crippen molar-refractivity contribution in [2.45, 2.75) is 142 Å². The minimum Gasteiger partial charge on any atom is -0.490 e. The quantitative estimate of drug-likeness (QED) is 0.0869. The van der Waals surface area contributed by atoms with E-state index >= 15 is 0 Å². The van der Waals surface area contributed by atoms with E-state index in [0.717, 1.165) is 138 Å². The summed E-state index contributed by atoms with van der Waals surface area (Å²) in [5, 5.41) is 0. The fourth-order valence-electron chi connectivity index (χ4n) is 9.65. The molecule has 4 aliphatic heterocycles. The number of rotatable bonds is 18. The van der Waals surface area contributed by atoms with Crippen LogP contribution in [0.5, 0.6) is 11.5 Å². The zero-order chi connectivity index (χ0) is 50.8. The molecule has 392 valence electrons. The van der Waals surface area contributed by atoms with E-state index in [1.165, 1.54) is 0 Å². The van der Waals surface area contributed by atoms with Crippen LogP contribution >= 0.6 is 0 Å². The molecule has 8 heterocycles. The molecular formula is C56H80N8O8. The van der Waals surface area contributed by atoms with Crippen molar-refractivity contribution in [3.05, 3.63) is 97.1 Å². The number of amides is 2. The van der Waals surface area contributed by atoms with Gasteiger partial charge in [-0.1, -0.05) is 12.1 Å². The number of likely N-dealkylation sites (tertiary alicyclic amines) is 2. The molecule has 0 aliphatic carbocycles. The van der Waals surface area contributed by atoms with Crippen LogP contribution in [0.15, 0.2) is 86.0 Å². The lowest BCUT2D eigenvalue weighted by molar-refractivity contribution is 0.0177. The minimum atomic E-state index is -0.496. The Bertz CT molecular complexity index is 2070. The van der Waals surface area contributed by atoms with Gasteiger partial charge in [-0.15, -0.1) is 0 Å². The molecule has 0 saturated carbocycles. The molecule has 0 spiro atoms. The van der Waals surface area contributed by atoms with Crippen LogP contribution in [0.25, 0.3) is 0 Å². The van der Waals surface area contributed by atoms with Crippen molar-refractivity contribution in [1.29, 1.82) is 0 Å². The molecule has 4 aromatic rings. The number of carbonyl (C=O) groups excluding carboxylic acids is 2. The molecule has 0 N–H and O–H groups in total. The second kappa shape index (κ2) is 26.8. The molecule has 8 rings (SSSR count). The van der Waals surface area contributed by atoms with Gasteiger partial charge < -0.3 is 48.0 Å². The third-order valence-electron chi connectivity index (χ3n) is 13.6. The van der Waals surface area contributed by atoms with Crippen molar-refractivity contribution >= 4 is 23.6 Å². The van der Waals surface area contributed by atoms with E-state index < -0.39 is 11.2 Å². The van der Waals surface area contributed by atoms with Crippen LogP contribution in [0.2, 0.25) is 0 Å². The smallest absolute Gasteiger partial charge is 0.410 e. The lowest BCUT2D eigenvalue weighted by Crippen LogP contribution is -2.42. The Morgan fingerprint density at radius 2 is 0.958 bits per heavy atom. The normalized spacial score (nSPS) is 18.9. The van der Waals surface area contributed by atoms with E-state index in [1.807, 2.05) is 90.6 Å². The Labute approximate surface area is 428 Å². The van der Waals surface area contributed by atoms with Crippen LogP contribution in [0.3, 0.4) is 0 Å². The van der Waals surface area contributed by atoms with Crippen molar-refractivity contribution in [3.63, 3.8) is 0 Å². The van der Waals surface area contributed by atoms with Gasteiger partial charge in [-0.3, -0.25) is 19.9 Å². The van der Waals surface area contributed by atoms with Crippen LogP contribution in [-0.4, -0.2) is 131 Å². The molecule has 4 saturated heterocycles. The summed E-state index contributed by atoms with van der Waals surface area (Å²) < 4.78 is 35.0. The summed E-state index contributed by atoms with van der Waals surface area (Å²) in [6.07, 6.45) is 24.6. The molecular weight excluding hydrogens is 913 g/mol. The molecule has 2 amide bonds. The fraction of sp³-hybridized carbons (Fsp3) is 0.607. The number of carbonyl (C=O) groups is 2. The third kappa shape index (κ3) is 17.8. The summed E-state index contributed by atoms with van der Waals surface area (Å²) in [5.41, 5.74) is 3.43. The Balaban J connectivity index is 0.000000211. The van der Waals surface area contributed by atoms with E-state index in [4.69, 9.17) is 28.4 Å². The second-order valence-corrected chi connectivity index (χ2v) is 21.6. The zero-order valence-corrected chi connectivity index (χ0v) is 43.8. The average Bonchev–Trinajstić information content (AvgIpc) is 4.07. The predicted octanol–water partition coefficient (Wildman–Crippen LogP) is 10.2. The first kappa shape index (κ1) is 54.0. The lowest BCUT2D eigenvalue weighted by atomic mass is 9.94. The van der Waals surface area contributed by atoms with Crippen LogP contribution < -0.4 is 19.3 Å². The number of hydrogen-bond acceptors (Lipinski definition) is 14. The Morgan fingerprint density at radius 1 is 0.542 bits per heavy atom. The van der Waals surface area contributed by atoms with Gasteiger partial charge in [0.2, 0.25) is 0 Å². The first-order valence-corrected chi connectivity index (χ1v) is 26.3. The Morgan fingerprint density at radius 3 is 1.33 bits per heavy atom. The van der Waals surface area contributed by atoms with E-state index in [1.54, 1.807) is 34.6 Å². The summed E-state index contributed by atoms with van der Waals surface area (Å²) in [6.45, 7) is 20.5. The maximum Gasteiger partial charge on any atom is 0.410 e. The maximum absolute atomic E-state index is 12.5. The number of nitrogens with zero attached hydrogens (tertiary/aromatic N) is 8. The highest BCUT2D eigenvalue weighted by Gasteiger charge is 2.34. The van der Waals surface area contributed by atoms with Crippen molar-refractivity contribution in [2.24, 2.45) is 11.8 Å². The second-order valence-electron chi connectivity index (χ2n) is 21.6. The topological polar surface area (TPSA) is 154 Å². The highest BCUT2D eigenvalue weighted by Crippen LogP contribution is 2.30. The van der Waals surface area contributed by atoms with E-state index in [9.17, 15) is 9.59 Å². The number of pyridine rings is 4. The minimum absolute atomic E-state index is 0.0274. The SMILES string of the molecule is CC(C)(C)OC(=O)N1CCC[C@H]1COc1cncc(N2CCC(CCOCc3cccnc3)CC2)c1.CC(C)(C)OC(=O)N1CCC[C@H]1COc1cncc(N2CCC(CCOCc3cccnc3)CC2)c1. The summed E-state index contributed by atoms with van der Waals surface area (Å²) >= 11 is 0. The molecule has 4 aromatic heterocycles. The van der Waals surface area contributed by atoms with Gasteiger partial charge in [-0.25, -0.2) is 9.59 Å². The molecule has 72 heavy (non-hydrogen) atoms. The number of aromatic nitrogens is 4. The first-order chi connectivity index (χ1) is 34.7. The standard InChI is InChI=1S/2C28H40N4O4/c2*1-28(2,3)36-27(33)32-12-5-7-24(32)21-35-26-16-25(18-30-19-26)31-13-8-22(9-14-31)10-15-34-20-23-6-4-11-29-17-23/h2*4,6,11,16-19,22,24H,5,7-10,12-15,20-21H2,1-3H3/t2*24-/m00/s1. The van der Waals surface area contributed by atoms with Gasteiger partial charge >= 0.3 is 12.2 Å². The van der Waals surface area contributed by atoms with Crippen molar-refractivity contribution in [1.82, 2.24) is 29.7 Å². The molecule has 16 heteroatoms.